The van der Waals surface area contributed by atoms with E-state index in [-0.39, 0.29) is 5.91 Å². The first kappa shape index (κ1) is 14.1. The molecular weight excluding hydrogens is 238 g/mol. The molecule has 0 aliphatic carbocycles. The topological polar surface area (TPSA) is 29.5 Å². The summed E-state index contributed by atoms with van der Waals surface area (Å²) in [6.07, 6.45) is 2.05. The predicted octanol–water partition coefficient (Wildman–Crippen LogP) is 2.84. The van der Waals surface area contributed by atoms with Gasteiger partial charge in [0.15, 0.2) is 0 Å². The van der Waals surface area contributed by atoms with Gasteiger partial charge in [-0.3, -0.25) is 4.79 Å². The number of ether oxygens (including phenoxy) is 1. The number of nitrogens with zero attached hydrogens (tertiary/aromatic N) is 1. The number of methoxy groups -OCH3 is 1. The second kappa shape index (κ2) is 6.20. The number of carbonyl (C=O) groups excluding carboxylic acids is 1. The number of benzene rings is 1. The van der Waals surface area contributed by atoms with Gasteiger partial charge in [0.25, 0.3) is 5.91 Å². The zero-order valence-corrected chi connectivity index (χ0v) is 12.1. The Hall–Kier alpha value is -1.35. The number of fused-ring (bicyclic) bond motifs is 1. The molecule has 0 N–H and O–H groups in total. The summed E-state index contributed by atoms with van der Waals surface area (Å²) in [7, 11) is 1.67. The molecule has 0 spiro atoms. The van der Waals surface area contributed by atoms with Crippen LogP contribution in [0, 0.1) is 0 Å². The molecule has 0 bridgehead atoms. The lowest BCUT2D eigenvalue weighted by Crippen LogP contribution is -2.39. The largest absolute Gasteiger partial charge is 0.383 e. The van der Waals surface area contributed by atoms with E-state index in [1.807, 2.05) is 4.90 Å². The number of hydrogen-bond acceptors (Lipinski definition) is 2. The van der Waals surface area contributed by atoms with Crippen LogP contribution in [0.15, 0.2) is 18.2 Å². The Kier molecular flexibility index (Phi) is 4.59. The fourth-order valence-electron chi connectivity index (χ4n) is 2.50. The highest BCUT2D eigenvalue weighted by molar-refractivity contribution is 5.97. The molecule has 2 rings (SSSR count). The quantitative estimate of drug-likeness (QED) is 0.815. The van der Waals surface area contributed by atoms with Gasteiger partial charge in [-0.05, 0) is 36.0 Å². The lowest BCUT2D eigenvalue weighted by atomic mass is 9.91. The maximum Gasteiger partial charge on any atom is 0.254 e. The van der Waals surface area contributed by atoms with E-state index in [1.165, 1.54) is 11.1 Å². The van der Waals surface area contributed by atoms with Crippen molar-refractivity contribution in [2.75, 3.05) is 26.8 Å². The van der Waals surface area contributed by atoms with E-state index in [1.54, 1.807) is 7.11 Å². The number of hydrogen-bond donors (Lipinski definition) is 0. The lowest BCUT2D eigenvalue weighted by molar-refractivity contribution is 0.0678. The van der Waals surface area contributed by atoms with E-state index in [0.29, 0.717) is 19.1 Å². The fraction of sp³-hybridized carbons (Fsp3) is 0.562. The van der Waals surface area contributed by atoms with Crippen LogP contribution in [0.1, 0.15) is 47.7 Å². The molecule has 0 saturated carbocycles. The summed E-state index contributed by atoms with van der Waals surface area (Å²) in [6.45, 7) is 6.47. The average Bonchev–Trinajstić information content (AvgIpc) is 2.45. The molecule has 1 aromatic rings. The van der Waals surface area contributed by atoms with Crippen LogP contribution >= 0.6 is 0 Å². The maximum absolute atomic E-state index is 12.5. The van der Waals surface area contributed by atoms with Gasteiger partial charge in [-0.1, -0.05) is 26.0 Å². The molecular formula is C16H23NO2. The molecule has 0 saturated heterocycles. The van der Waals surface area contributed by atoms with Gasteiger partial charge in [0.1, 0.15) is 0 Å². The van der Waals surface area contributed by atoms with Crippen molar-refractivity contribution in [3.05, 3.63) is 34.9 Å². The first-order valence-electron chi connectivity index (χ1n) is 7.08. The second-order valence-electron chi connectivity index (χ2n) is 5.26. The minimum absolute atomic E-state index is 0.156. The van der Waals surface area contributed by atoms with Gasteiger partial charge in [0, 0.05) is 25.8 Å². The average molecular weight is 261 g/mol. The van der Waals surface area contributed by atoms with E-state index in [2.05, 4.69) is 32.0 Å². The third-order valence-corrected chi connectivity index (χ3v) is 4.05. The van der Waals surface area contributed by atoms with Gasteiger partial charge >= 0.3 is 0 Å². The molecule has 1 atom stereocenters. The molecule has 3 nitrogen and oxygen atoms in total. The van der Waals surface area contributed by atoms with Gasteiger partial charge in [0.05, 0.1) is 6.61 Å². The molecule has 3 heteroatoms. The summed E-state index contributed by atoms with van der Waals surface area (Å²) in [4.78, 5) is 14.4. The summed E-state index contributed by atoms with van der Waals surface area (Å²) in [5, 5.41) is 0. The first-order chi connectivity index (χ1) is 9.17. The van der Waals surface area contributed by atoms with Crippen molar-refractivity contribution in [1.29, 1.82) is 0 Å². The summed E-state index contributed by atoms with van der Waals surface area (Å²) in [5.74, 6) is 0.663. The molecule has 1 heterocycles. The smallest absolute Gasteiger partial charge is 0.254 e. The van der Waals surface area contributed by atoms with Crippen LogP contribution in [0.5, 0.6) is 0 Å². The lowest BCUT2D eigenvalue weighted by Gasteiger charge is -2.29. The highest BCUT2D eigenvalue weighted by atomic mass is 16.5. The Labute approximate surface area is 115 Å². The molecule has 19 heavy (non-hydrogen) atoms. The molecule has 0 fully saturated rings. The Morgan fingerprint density at radius 3 is 2.89 bits per heavy atom. The third-order valence-electron chi connectivity index (χ3n) is 4.05. The molecule has 1 aliphatic rings. The van der Waals surface area contributed by atoms with Crippen LogP contribution in [-0.2, 0) is 11.2 Å². The Morgan fingerprint density at radius 1 is 1.42 bits per heavy atom. The van der Waals surface area contributed by atoms with Gasteiger partial charge in [-0.25, -0.2) is 0 Å². The third kappa shape index (κ3) is 2.98. The standard InChI is InChI=1S/C16H23NO2/c1-4-12(2)14-6-5-13-7-8-17(9-10-19-3)16(18)15(13)11-14/h5-6,11-12H,4,7-10H2,1-3H3. The first-order valence-corrected chi connectivity index (χ1v) is 7.08. The van der Waals surface area contributed by atoms with E-state index < -0.39 is 0 Å². The van der Waals surface area contributed by atoms with E-state index in [9.17, 15) is 4.79 Å². The highest BCUT2D eigenvalue weighted by Gasteiger charge is 2.24. The zero-order valence-electron chi connectivity index (χ0n) is 12.1. The second-order valence-corrected chi connectivity index (χ2v) is 5.26. The van der Waals surface area contributed by atoms with E-state index >= 15 is 0 Å². The summed E-state index contributed by atoms with van der Waals surface area (Å²) in [6, 6.07) is 6.39. The maximum atomic E-state index is 12.5. The van der Waals surface area contributed by atoms with Crippen molar-refractivity contribution in [2.24, 2.45) is 0 Å². The molecule has 1 amide bonds. The summed E-state index contributed by atoms with van der Waals surface area (Å²) >= 11 is 0. The summed E-state index contributed by atoms with van der Waals surface area (Å²) < 4.78 is 5.07. The molecule has 104 valence electrons. The van der Waals surface area contributed by atoms with Crippen molar-refractivity contribution < 1.29 is 9.53 Å². The molecule has 0 radical (unpaired) electrons. The Balaban J connectivity index is 2.23. The van der Waals surface area contributed by atoms with Crippen LogP contribution in [0.4, 0.5) is 0 Å². The molecule has 0 aromatic heterocycles. The molecule has 1 aromatic carbocycles. The predicted molar refractivity (Wildman–Crippen MR) is 76.6 cm³/mol. The van der Waals surface area contributed by atoms with Gasteiger partial charge in [0.2, 0.25) is 0 Å². The van der Waals surface area contributed by atoms with Crippen molar-refractivity contribution in [2.45, 2.75) is 32.6 Å². The molecule has 1 unspecified atom stereocenters. The minimum Gasteiger partial charge on any atom is -0.383 e. The van der Waals surface area contributed by atoms with E-state index in [4.69, 9.17) is 4.74 Å². The van der Waals surface area contributed by atoms with Crippen molar-refractivity contribution >= 4 is 5.91 Å². The normalized spacial score (nSPS) is 16.4. The number of rotatable bonds is 5. The van der Waals surface area contributed by atoms with Crippen LogP contribution in [-0.4, -0.2) is 37.6 Å². The van der Waals surface area contributed by atoms with Crippen LogP contribution in [0.2, 0.25) is 0 Å². The SMILES string of the molecule is CCC(C)c1ccc2c(c1)C(=O)N(CCOC)CC2. The fourth-order valence-corrected chi connectivity index (χ4v) is 2.50. The highest BCUT2D eigenvalue weighted by Crippen LogP contribution is 2.25. The zero-order chi connectivity index (χ0) is 13.8. The van der Waals surface area contributed by atoms with Crippen molar-refractivity contribution in [1.82, 2.24) is 4.90 Å². The van der Waals surface area contributed by atoms with E-state index in [0.717, 1.165) is 24.9 Å². The van der Waals surface area contributed by atoms with Crippen molar-refractivity contribution in [3.8, 4) is 0 Å². The van der Waals surface area contributed by atoms with Crippen LogP contribution in [0.3, 0.4) is 0 Å². The Bertz CT molecular complexity index is 456. The summed E-state index contributed by atoms with van der Waals surface area (Å²) in [5.41, 5.74) is 3.34. The van der Waals surface area contributed by atoms with Gasteiger partial charge in [-0.2, -0.15) is 0 Å². The monoisotopic (exact) mass is 261 g/mol. The van der Waals surface area contributed by atoms with Crippen molar-refractivity contribution in [3.63, 3.8) is 0 Å². The Morgan fingerprint density at radius 2 is 2.21 bits per heavy atom. The number of carbonyl (C=O) groups is 1. The van der Waals surface area contributed by atoms with Gasteiger partial charge in [-0.15, -0.1) is 0 Å². The van der Waals surface area contributed by atoms with Gasteiger partial charge < -0.3 is 9.64 Å². The number of amides is 1. The van der Waals surface area contributed by atoms with Crippen LogP contribution in [0.25, 0.3) is 0 Å². The molecule has 1 aliphatic heterocycles. The minimum atomic E-state index is 0.156. The van der Waals surface area contributed by atoms with Crippen LogP contribution < -0.4 is 0 Å².